The van der Waals surface area contributed by atoms with Crippen LogP contribution in [-0.2, 0) is 4.74 Å². The second-order valence-electron chi connectivity index (χ2n) is 3.44. The lowest BCUT2D eigenvalue weighted by Crippen LogP contribution is -2.18. The Balaban J connectivity index is 2.22. The van der Waals surface area contributed by atoms with Gasteiger partial charge in [-0.25, -0.2) is 9.97 Å². The summed E-state index contributed by atoms with van der Waals surface area (Å²) in [6.07, 6.45) is 0.0516. The van der Waals surface area contributed by atoms with Gasteiger partial charge < -0.3 is 10.1 Å². The van der Waals surface area contributed by atoms with Crippen LogP contribution in [0.3, 0.4) is 0 Å². The molecular formula is C10H15N3OS. The first kappa shape index (κ1) is 10.7. The Hall–Kier alpha value is -0.810. The number of nitrogens with zero attached hydrogens (tertiary/aromatic N) is 2. The van der Waals surface area contributed by atoms with Gasteiger partial charge in [-0.3, -0.25) is 0 Å². The molecule has 5 heteroatoms. The average molecular weight is 225 g/mol. The van der Waals surface area contributed by atoms with Crippen LogP contribution >= 0.6 is 11.8 Å². The molecule has 0 radical (unpaired) electrons. The third kappa shape index (κ3) is 2.60. The van der Waals surface area contributed by atoms with Crippen LogP contribution in [0.25, 0.3) is 0 Å². The molecule has 1 atom stereocenters. The van der Waals surface area contributed by atoms with Crippen molar-refractivity contribution in [3.05, 3.63) is 17.6 Å². The maximum Gasteiger partial charge on any atom is 0.160 e. The fourth-order valence-electron chi connectivity index (χ4n) is 1.50. The third-order valence-electron chi connectivity index (χ3n) is 2.23. The third-order valence-corrected chi connectivity index (χ3v) is 3.23. The highest BCUT2D eigenvalue weighted by molar-refractivity contribution is 7.99. The van der Waals surface area contributed by atoms with Crippen molar-refractivity contribution >= 4 is 17.6 Å². The van der Waals surface area contributed by atoms with Crippen molar-refractivity contribution in [2.75, 3.05) is 30.5 Å². The summed E-state index contributed by atoms with van der Waals surface area (Å²) in [5, 5.41) is 3.03. The van der Waals surface area contributed by atoms with Crippen molar-refractivity contribution in [2.45, 2.75) is 13.0 Å². The van der Waals surface area contributed by atoms with E-state index in [0.717, 1.165) is 35.4 Å². The van der Waals surface area contributed by atoms with Gasteiger partial charge in [-0.2, -0.15) is 11.8 Å². The number of anilines is 1. The molecule has 1 aromatic heterocycles. The summed E-state index contributed by atoms with van der Waals surface area (Å²) >= 11 is 1.89. The zero-order valence-electron chi connectivity index (χ0n) is 8.99. The standard InChI is InChI=1S/C10H15N3OS/c1-7-5-9(11-2)13-10(12-7)8-6-15-4-3-14-8/h5,8H,3-4,6H2,1-2H3,(H,11,12,13). The van der Waals surface area contributed by atoms with Crippen LogP contribution in [0.2, 0.25) is 0 Å². The number of aryl methyl sites for hydroxylation is 1. The normalized spacial score (nSPS) is 21.3. The van der Waals surface area contributed by atoms with Crippen molar-refractivity contribution in [1.82, 2.24) is 9.97 Å². The molecule has 1 saturated heterocycles. The Labute approximate surface area is 93.8 Å². The first-order valence-corrected chi connectivity index (χ1v) is 6.18. The predicted molar refractivity (Wildman–Crippen MR) is 62.3 cm³/mol. The largest absolute Gasteiger partial charge is 0.373 e. The van der Waals surface area contributed by atoms with Gasteiger partial charge in [0.25, 0.3) is 0 Å². The van der Waals surface area contributed by atoms with E-state index < -0.39 is 0 Å². The predicted octanol–water partition coefficient (Wildman–Crippen LogP) is 1.63. The van der Waals surface area contributed by atoms with Gasteiger partial charge in [-0.1, -0.05) is 0 Å². The van der Waals surface area contributed by atoms with E-state index in [1.807, 2.05) is 31.8 Å². The van der Waals surface area contributed by atoms with Gasteiger partial charge in [0.1, 0.15) is 11.9 Å². The minimum atomic E-state index is 0.0516. The smallest absolute Gasteiger partial charge is 0.160 e. The molecule has 0 aliphatic carbocycles. The van der Waals surface area contributed by atoms with E-state index >= 15 is 0 Å². The molecule has 82 valence electrons. The quantitative estimate of drug-likeness (QED) is 0.829. The van der Waals surface area contributed by atoms with Crippen molar-refractivity contribution in [2.24, 2.45) is 0 Å². The number of ether oxygens (including phenoxy) is 1. The first-order valence-electron chi connectivity index (χ1n) is 5.02. The lowest BCUT2D eigenvalue weighted by atomic mass is 10.3. The van der Waals surface area contributed by atoms with E-state index in [2.05, 4.69) is 15.3 Å². The summed E-state index contributed by atoms with van der Waals surface area (Å²) in [6, 6.07) is 1.93. The molecule has 1 aromatic rings. The number of rotatable bonds is 2. The van der Waals surface area contributed by atoms with E-state index in [-0.39, 0.29) is 6.10 Å². The molecule has 2 heterocycles. The Bertz CT molecular complexity index is 339. The number of thioether (sulfide) groups is 1. The van der Waals surface area contributed by atoms with Gasteiger partial charge in [-0.05, 0) is 6.92 Å². The van der Waals surface area contributed by atoms with Crippen LogP contribution in [0.5, 0.6) is 0 Å². The van der Waals surface area contributed by atoms with E-state index in [4.69, 9.17) is 4.74 Å². The summed E-state index contributed by atoms with van der Waals surface area (Å²) in [4.78, 5) is 8.83. The molecule has 1 fully saturated rings. The molecule has 15 heavy (non-hydrogen) atoms. The summed E-state index contributed by atoms with van der Waals surface area (Å²) < 4.78 is 5.64. The minimum absolute atomic E-state index is 0.0516. The first-order chi connectivity index (χ1) is 7.29. The van der Waals surface area contributed by atoms with Gasteiger partial charge in [0.15, 0.2) is 5.82 Å². The Kier molecular flexibility index (Phi) is 3.43. The molecule has 1 aliphatic heterocycles. The van der Waals surface area contributed by atoms with Crippen LogP contribution in [-0.4, -0.2) is 35.1 Å². The SMILES string of the molecule is CNc1cc(C)nc(C2CSCCO2)n1. The molecule has 0 saturated carbocycles. The Morgan fingerprint density at radius 1 is 1.53 bits per heavy atom. The average Bonchev–Trinajstić information content (AvgIpc) is 2.29. The number of nitrogens with one attached hydrogen (secondary N) is 1. The van der Waals surface area contributed by atoms with E-state index in [9.17, 15) is 0 Å². The van der Waals surface area contributed by atoms with E-state index in [1.165, 1.54) is 0 Å². The molecule has 1 N–H and O–H groups in total. The molecule has 0 amide bonds. The van der Waals surface area contributed by atoms with Gasteiger partial charge in [0.05, 0.1) is 6.61 Å². The zero-order chi connectivity index (χ0) is 10.7. The van der Waals surface area contributed by atoms with Crippen LogP contribution in [0.4, 0.5) is 5.82 Å². The molecule has 1 aliphatic rings. The van der Waals surface area contributed by atoms with E-state index in [0.29, 0.717) is 0 Å². The maximum atomic E-state index is 5.64. The number of hydrogen-bond acceptors (Lipinski definition) is 5. The summed E-state index contributed by atoms with van der Waals surface area (Å²) in [5.74, 6) is 3.68. The topological polar surface area (TPSA) is 47.0 Å². The molecule has 4 nitrogen and oxygen atoms in total. The fraction of sp³-hybridized carbons (Fsp3) is 0.600. The van der Waals surface area contributed by atoms with Gasteiger partial charge in [0, 0.05) is 30.3 Å². The van der Waals surface area contributed by atoms with Crippen molar-refractivity contribution in [3.63, 3.8) is 0 Å². The summed E-state index contributed by atoms with van der Waals surface area (Å²) in [7, 11) is 1.86. The van der Waals surface area contributed by atoms with Crippen LogP contribution in [0.1, 0.15) is 17.6 Å². The van der Waals surface area contributed by atoms with Crippen molar-refractivity contribution in [3.8, 4) is 0 Å². The molecule has 0 bridgehead atoms. The lowest BCUT2D eigenvalue weighted by Gasteiger charge is -2.21. The fourth-order valence-corrected chi connectivity index (χ4v) is 2.34. The van der Waals surface area contributed by atoms with Crippen LogP contribution in [0, 0.1) is 6.92 Å². The van der Waals surface area contributed by atoms with Crippen LogP contribution in [0.15, 0.2) is 6.07 Å². The minimum Gasteiger partial charge on any atom is -0.373 e. The monoisotopic (exact) mass is 225 g/mol. The molecule has 0 aromatic carbocycles. The highest BCUT2D eigenvalue weighted by Gasteiger charge is 2.19. The molecule has 1 unspecified atom stereocenters. The van der Waals surface area contributed by atoms with Crippen LogP contribution < -0.4 is 5.32 Å². The number of hydrogen-bond donors (Lipinski definition) is 1. The second kappa shape index (κ2) is 4.81. The van der Waals surface area contributed by atoms with E-state index in [1.54, 1.807) is 0 Å². The maximum absolute atomic E-state index is 5.64. The number of aromatic nitrogens is 2. The zero-order valence-corrected chi connectivity index (χ0v) is 9.80. The van der Waals surface area contributed by atoms with Gasteiger partial charge in [-0.15, -0.1) is 0 Å². The van der Waals surface area contributed by atoms with Gasteiger partial charge in [0.2, 0.25) is 0 Å². The molecule has 0 spiro atoms. The Morgan fingerprint density at radius 3 is 3.07 bits per heavy atom. The van der Waals surface area contributed by atoms with Gasteiger partial charge >= 0.3 is 0 Å². The Morgan fingerprint density at radius 2 is 2.40 bits per heavy atom. The second-order valence-corrected chi connectivity index (χ2v) is 4.59. The van der Waals surface area contributed by atoms with Crippen molar-refractivity contribution < 1.29 is 4.74 Å². The van der Waals surface area contributed by atoms with Crippen molar-refractivity contribution in [1.29, 1.82) is 0 Å². The lowest BCUT2D eigenvalue weighted by molar-refractivity contribution is 0.0694. The summed E-state index contributed by atoms with van der Waals surface area (Å²) in [5.41, 5.74) is 0.975. The molecular weight excluding hydrogens is 210 g/mol. The molecule has 2 rings (SSSR count). The highest BCUT2D eigenvalue weighted by Crippen LogP contribution is 2.24. The summed E-state index contributed by atoms with van der Waals surface area (Å²) in [6.45, 7) is 2.77. The highest BCUT2D eigenvalue weighted by atomic mass is 32.2.